The van der Waals surface area contributed by atoms with Crippen molar-refractivity contribution in [2.24, 2.45) is 18.9 Å². The predicted molar refractivity (Wildman–Crippen MR) is 158 cm³/mol. The Morgan fingerprint density at radius 1 is 1.27 bits per heavy atom. The number of aromatic nitrogens is 5. The normalized spacial score (nSPS) is 22.8. The molecule has 41 heavy (non-hydrogen) atoms. The fraction of sp³-hybridized carbons (Fsp3) is 0.469. The number of likely N-dealkylation sites (tertiary alicyclic amines) is 1. The topological polar surface area (TPSA) is 116 Å². The zero-order valence-electron chi connectivity index (χ0n) is 24.2. The van der Waals surface area contributed by atoms with Crippen LogP contribution < -0.4 is 5.32 Å². The number of nitrogens with zero attached hydrogens (tertiary/aromatic N) is 6. The Balaban J connectivity index is 1.29. The Morgan fingerprint density at radius 3 is 2.85 bits per heavy atom. The van der Waals surface area contributed by atoms with Crippen LogP contribution in [0.4, 0.5) is 5.69 Å². The molecule has 0 bridgehead atoms. The number of pyridine rings is 1. The van der Waals surface area contributed by atoms with Crippen LogP contribution in [0.25, 0.3) is 11.0 Å². The monoisotopic (exact) mass is 550 g/mol. The molecule has 1 aliphatic carbocycles. The maximum Gasteiger partial charge on any atom is 0.274 e. The van der Waals surface area contributed by atoms with Crippen LogP contribution in [0.1, 0.15) is 79.0 Å². The van der Waals surface area contributed by atoms with Crippen molar-refractivity contribution >= 4 is 22.6 Å². The van der Waals surface area contributed by atoms with Gasteiger partial charge in [-0.2, -0.15) is 5.26 Å². The van der Waals surface area contributed by atoms with Gasteiger partial charge in [0.25, 0.3) is 5.91 Å². The number of anilines is 1. The molecule has 9 nitrogen and oxygen atoms in total. The molecule has 6 rings (SSSR count). The average molecular weight is 551 g/mol. The smallest absolute Gasteiger partial charge is 0.274 e. The molecule has 1 atom stereocenters. The van der Waals surface area contributed by atoms with Gasteiger partial charge in [0.2, 0.25) is 0 Å². The standard InChI is InChI=1S/C32H38N8O/c1-4-23-17-34-28-24(19-40-12-6-7-21(2)18-40)13-27(37-29(23)28)30(41)36-26-9-5-8-25(14-26)32(15-22(16-32)10-11-33)31-38-35-20-39(31)3/h5,8-9,13-14,17,20-22,34H,4,6-7,10,12,15-16,18-19H2,1-3H3,(H,36,41)/t21-,22?,32?/m0/s1. The van der Waals surface area contributed by atoms with E-state index in [-0.39, 0.29) is 11.3 Å². The lowest BCUT2D eigenvalue weighted by Gasteiger charge is -2.46. The number of carbonyl (C=O) groups is 1. The van der Waals surface area contributed by atoms with Crippen molar-refractivity contribution in [3.05, 3.63) is 71.1 Å². The van der Waals surface area contributed by atoms with E-state index in [4.69, 9.17) is 4.98 Å². The molecule has 0 radical (unpaired) electrons. The number of nitriles is 1. The molecular weight excluding hydrogens is 512 g/mol. The molecule has 9 heteroatoms. The van der Waals surface area contributed by atoms with E-state index in [0.717, 1.165) is 78.1 Å². The number of piperidine rings is 1. The van der Waals surface area contributed by atoms with Crippen molar-refractivity contribution in [3.63, 3.8) is 0 Å². The minimum atomic E-state index is -0.329. The summed E-state index contributed by atoms with van der Waals surface area (Å²) in [7, 11) is 1.95. The Labute approximate surface area is 241 Å². The Kier molecular flexibility index (Phi) is 7.35. The summed E-state index contributed by atoms with van der Waals surface area (Å²) < 4.78 is 1.96. The highest BCUT2D eigenvalue weighted by Crippen LogP contribution is 2.53. The van der Waals surface area contributed by atoms with Crippen LogP contribution in [0, 0.1) is 23.2 Å². The molecule has 4 heterocycles. The van der Waals surface area contributed by atoms with Crippen molar-refractivity contribution in [3.8, 4) is 6.07 Å². The maximum atomic E-state index is 13.7. The second kappa shape index (κ2) is 11.1. The summed E-state index contributed by atoms with van der Waals surface area (Å²) in [5.74, 6) is 1.67. The van der Waals surface area contributed by atoms with Crippen LogP contribution in [0.3, 0.4) is 0 Å². The third-order valence-corrected chi connectivity index (χ3v) is 9.01. The highest BCUT2D eigenvalue weighted by Gasteiger charge is 2.49. The summed E-state index contributed by atoms with van der Waals surface area (Å²) in [5.41, 5.74) is 6.03. The summed E-state index contributed by atoms with van der Waals surface area (Å²) in [6.07, 6.45) is 9.25. The number of benzene rings is 1. The molecule has 1 amide bonds. The summed E-state index contributed by atoms with van der Waals surface area (Å²) in [6, 6.07) is 12.3. The van der Waals surface area contributed by atoms with Gasteiger partial charge in [0.15, 0.2) is 0 Å². The van der Waals surface area contributed by atoms with E-state index in [9.17, 15) is 10.1 Å². The molecule has 1 aliphatic heterocycles. The van der Waals surface area contributed by atoms with Crippen molar-refractivity contribution in [1.29, 1.82) is 5.26 Å². The van der Waals surface area contributed by atoms with Gasteiger partial charge in [-0.05, 0) is 85.4 Å². The summed E-state index contributed by atoms with van der Waals surface area (Å²) in [4.78, 5) is 24.4. The van der Waals surface area contributed by atoms with E-state index in [0.29, 0.717) is 24.0 Å². The van der Waals surface area contributed by atoms with E-state index < -0.39 is 0 Å². The Morgan fingerprint density at radius 2 is 2.12 bits per heavy atom. The van der Waals surface area contributed by atoms with Gasteiger partial charge in [-0.1, -0.05) is 26.0 Å². The Hall–Kier alpha value is -4.03. The lowest BCUT2D eigenvalue weighted by atomic mass is 9.57. The van der Waals surface area contributed by atoms with E-state index in [1.165, 1.54) is 12.8 Å². The molecule has 2 fully saturated rings. The van der Waals surface area contributed by atoms with Crippen LogP contribution in [0.5, 0.6) is 0 Å². The van der Waals surface area contributed by atoms with Gasteiger partial charge >= 0.3 is 0 Å². The highest BCUT2D eigenvalue weighted by atomic mass is 16.1. The number of hydrogen-bond donors (Lipinski definition) is 2. The number of fused-ring (bicyclic) bond motifs is 1. The molecule has 0 spiro atoms. The first-order valence-corrected chi connectivity index (χ1v) is 14.8. The molecule has 0 unspecified atom stereocenters. The van der Waals surface area contributed by atoms with Gasteiger partial charge < -0.3 is 14.9 Å². The quantitative estimate of drug-likeness (QED) is 0.306. The van der Waals surface area contributed by atoms with Crippen molar-refractivity contribution < 1.29 is 4.79 Å². The van der Waals surface area contributed by atoms with Crippen LogP contribution >= 0.6 is 0 Å². The number of carbonyl (C=O) groups excluding carboxylic acids is 1. The number of H-pyrrole nitrogens is 1. The van der Waals surface area contributed by atoms with Gasteiger partial charge in [-0.15, -0.1) is 10.2 Å². The van der Waals surface area contributed by atoms with Crippen molar-refractivity contribution in [2.75, 3.05) is 18.4 Å². The average Bonchev–Trinajstić information content (AvgIpc) is 3.57. The SMILES string of the molecule is CCc1c[nH]c2c(CN3CCC[C@H](C)C3)cc(C(=O)Nc3cccc(C4(c5nncn5C)CC(CC#N)C4)c3)nc12. The highest BCUT2D eigenvalue weighted by molar-refractivity contribution is 6.04. The first-order chi connectivity index (χ1) is 19.9. The first kappa shape index (κ1) is 27.2. The second-order valence-corrected chi connectivity index (χ2v) is 12.1. The zero-order chi connectivity index (χ0) is 28.6. The first-order valence-electron chi connectivity index (χ1n) is 14.8. The van der Waals surface area contributed by atoms with E-state index in [2.05, 4.69) is 51.4 Å². The summed E-state index contributed by atoms with van der Waals surface area (Å²) >= 11 is 0. The largest absolute Gasteiger partial charge is 0.359 e. The van der Waals surface area contributed by atoms with Gasteiger partial charge in [0.1, 0.15) is 17.8 Å². The van der Waals surface area contributed by atoms with Crippen LogP contribution in [-0.2, 0) is 25.4 Å². The number of amides is 1. The molecule has 4 aromatic rings. The van der Waals surface area contributed by atoms with Crippen LogP contribution in [0.15, 0.2) is 42.9 Å². The molecular formula is C32H38N8O. The number of nitrogens with one attached hydrogen (secondary N) is 2. The van der Waals surface area contributed by atoms with Gasteiger partial charge in [0, 0.05) is 38.4 Å². The molecule has 1 saturated heterocycles. The number of hydrogen-bond acceptors (Lipinski definition) is 6. The van der Waals surface area contributed by atoms with Crippen molar-refractivity contribution in [2.45, 2.75) is 64.3 Å². The minimum absolute atomic E-state index is 0.218. The molecule has 1 saturated carbocycles. The maximum absolute atomic E-state index is 13.7. The minimum Gasteiger partial charge on any atom is -0.359 e. The fourth-order valence-corrected chi connectivity index (χ4v) is 6.95. The van der Waals surface area contributed by atoms with Gasteiger partial charge in [0.05, 0.1) is 22.5 Å². The third kappa shape index (κ3) is 5.13. The second-order valence-electron chi connectivity index (χ2n) is 12.1. The molecule has 2 N–H and O–H groups in total. The lowest BCUT2D eigenvalue weighted by Crippen LogP contribution is -2.44. The Bertz CT molecular complexity index is 1610. The van der Waals surface area contributed by atoms with Crippen LogP contribution in [0.2, 0.25) is 0 Å². The third-order valence-electron chi connectivity index (χ3n) is 9.01. The molecule has 212 valence electrons. The van der Waals surface area contributed by atoms with Crippen molar-refractivity contribution in [1.82, 2.24) is 29.6 Å². The van der Waals surface area contributed by atoms with E-state index in [1.807, 2.05) is 42.1 Å². The van der Waals surface area contributed by atoms with Gasteiger partial charge in [-0.3, -0.25) is 9.69 Å². The molecule has 3 aromatic heterocycles. The number of aryl methyl sites for hydroxylation is 2. The summed E-state index contributed by atoms with van der Waals surface area (Å²) in [5, 5.41) is 20.9. The van der Waals surface area contributed by atoms with E-state index in [1.54, 1.807) is 6.33 Å². The zero-order valence-corrected chi connectivity index (χ0v) is 24.2. The fourth-order valence-electron chi connectivity index (χ4n) is 6.95. The molecule has 2 aliphatic rings. The van der Waals surface area contributed by atoms with Gasteiger partial charge in [-0.25, -0.2) is 4.98 Å². The number of rotatable bonds is 8. The van der Waals surface area contributed by atoms with Crippen LogP contribution in [-0.4, -0.2) is 48.6 Å². The molecule has 1 aromatic carbocycles. The summed E-state index contributed by atoms with van der Waals surface area (Å²) in [6.45, 7) is 7.37. The number of aromatic amines is 1. The predicted octanol–water partition coefficient (Wildman–Crippen LogP) is 5.35. The van der Waals surface area contributed by atoms with E-state index >= 15 is 0 Å². The lowest BCUT2D eigenvalue weighted by molar-refractivity contribution is 0.102.